The summed E-state index contributed by atoms with van der Waals surface area (Å²) in [5, 5.41) is 8.75. The molecule has 0 fully saturated rings. The number of nitrogens with two attached hydrogens (primary N) is 1. The number of aromatic nitrogens is 3. The Morgan fingerprint density at radius 2 is 1.96 bits per heavy atom. The molecule has 0 radical (unpaired) electrons. The minimum atomic E-state index is 0.616. The Kier molecular flexibility index (Phi) is 4.73. The molecule has 0 saturated carbocycles. The third-order valence-corrected chi connectivity index (χ3v) is 4.71. The van der Waals surface area contributed by atoms with Crippen molar-refractivity contribution in [2.24, 2.45) is 0 Å². The van der Waals surface area contributed by atoms with E-state index >= 15 is 0 Å². The highest BCUT2D eigenvalue weighted by molar-refractivity contribution is 7.15. The van der Waals surface area contributed by atoms with Crippen molar-refractivity contribution in [3.05, 3.63) is 63.9 Å². The van der Waals surface area contributed by atoms with Gasteiger partial charge in [0.25, 0.3) is 0 Å². The molecule has 23 heavy (non-hydrogen) atoms. The highest BCUT2D eigenvalue weighted by Crippen LogP contribution is 2.17. The molecular weight excluding hydrogens is 306 g/mol. The lowest BCUT2D eigenvalue weighted by Gasteiger charge is -2.06. The molecule has 0 atom stereocenters. The summed E-state index contributed by atoms with van der Waals surface area (Å²) in [5.41, 5.74) is 10.5. The Balaban J connectivity index is 1.65. The van der Waals surface area contributed by atoms with Gasteiger partial charge in [-0.1, -0.05) is 30.3 Å². The van der Waals surface area contributed by atoms with Gasteiger partial charge in [-0.05, 0) is 19.4 Å². The van der Waals surface area contributed by atoms with Crippen molar-refractivity contribution in [1.29, 1.82) is 0 Å². The van der Waals surface area contributed by atoms with Gasteiger partial charge in [-0.3, -0.25) is 4.68 Å². The largest absolute Gasteiger partial charge is 0.375 e. The van der Waals surface area contributed by atoms with Crippen molar-refractivity contribution in [2.75, 3.05) is 5.73 Å². The van der Waals surface area contributed by atoms with E-state index in [-0.39, 0.29) is 0 Å². The van der Waals surface area contributed by atoms with Gasteiger partial charge >= 0.3 is 0 Å². The van der Waals surface area contributed by atoms with Gasteiger partial charge in [0.05, 0.1) is 12.2 Å². The van der Waals surface area contributed by atoms with Crippen LogP contribution in [0, 0.1) is 13.8 Å². The van der Waals surface area contributed by atoms with E-state index in [2.05, 4.69) is 58.2 Å². The Morgan fingerprint density at radius 3 is 2.65 bits per heavy atom. The molecule has 6 heteroatoms. The molecule has 0 aliphatic carbocycles. The third-order valence-electron chi connectivity index (χ3n) is 3.88. The first-order valence-electron chi connectivity index (χ1n) is 7.61. The maximum atomic E-state index is 5.65. The van der Waals surface area contributed by atoms with E-state index in [1.54, 1.807) is 0 Å². The Morgan fingerprint density at radius 1 is 1.17 bits per heavy atom. The quantitative estimate of drug-likeness (QED) is 0.730. The monoisotopic (exact) mass is 327 g/mol. The van der Waals surface area contributed by atoms with Crippen molar-refractivity contribution in [3.8, 4) is 0 Å². The van der Waals surface area contributed by atoms with Crippen LogP contribution in [-0.2, 0) is 19.6 Å². The first-order valence-corrected chi connectivity index (χ1v) is 8.43. The molecule has 3 rings (SSSR count). The van der Waals surface area contributed by atoms with Crippen LogP contribution in [0.25, 0.3) is 0 Å². The van der Waals surface area contributed by atoms with E-state index in [0.29, 0.717) is 5.13 Å². The molecule has 120 valence electrons. The fourth-order valence-corrected chi connectivity index (χ4v) is 3.27. The van der Waals surface area contributed by atoms with Crippen LogP contribution >= 0.6 is 11.3 Å². The highest BCUT2D eigenvalue weighted by atomic mass is 32.1. The zero-order chi connectivity index (χ0) is 16.2. The summed E-state index contributed by atoms with van der Waals surface area (Å²) in [5.74, 6) is 0. The second kappa shape index (κ2) is 6.93. The summed E-state index contributed by atoms with van der Waals surface area (Å²) >= 11 is 1.52. The van der Waals surface area contributed by atoms with E-state index in [0.717, 1.165) is 30.2 Å². The van der Waals surface area contributed by atoms with Gasteiger partial charge in [0.15, 0.2) is 5.13 Å². The molecular formula is C17H21N5S. The second-order valence-electron chi connectivity index (χ2n) is 5.56. The minimum absolute atomic E-state index is 0.616. The standard InChI is InChI=1S/C17H21N5S/c1-12-16(10-19-8-15-9-20-17(18)23-15)13(2)22(21-12)11-14-6-4-3-5-7-14/h3-7,9,19H,8,10-11H2,1-2H3,(H2,18,20). The fourth-order valence-electron chi connectivity index (χ4n) is 2.62. The molecule has 3 N–H and O–H groups in total. The molecule has 0 spiro atoms. The van der Waals surface area contributed by atoms with Crippen LogP contribution in [0.15, 0.2) is 36.5 Å². The van der Waals surface area contributed by atoms with Gasteiger partial charge in [-0.25, -0.2) is 4.98 Å². The predicted molar refractivity (Wildman–Crippen MR) is 94.3 cm³/mol. The zero-order valence-corrected chi connectivity index (χ0v) is 14.2. The van der Waals surface area contributed by atoms with Crippen LogP contribution < -0.4 is 11.1 Å². The lowest BCUT2D eigenvalue weighted by atomic mass is 10.2. The van der Waals surface area contributed by atoms with Gasteiger partial charge in [-0.2, -0.15) is 5.10 Å². The van der Waals surface area contributed by atoms with E-state index in [1.807, 2.05) is 12.3 Å². The molecule has 0 amide bonds. The summed E-state index contributed by atoms with van der Waals surface area (Å²) in [6.45, 7) is 6.57. The molecule has 0 aliphatic heterocycles. The number of rotatable bonds is 6. The number of hydrogen-bond donors (Lipinski definition) is 2. The highest BCUT2D eigenvalue weighted by Gasteiger charge is 2.11. The Labute approximate surface area is 140 Å². The number of nitrogens with zero attached hydrogens (tertiary/aromatic N) is 3. The number of benzene rings is 1. The topological polar surface area (TPSA) is 68.8 Å². The van der Waals surface area contributed by atoms with Crippen LogP contribution in [0.1, 0.15) is 27.4 Å². The number of nitrogens with one attached hydrogen (secondary N) is 1. The summed E-state index contributed by atoms with van der Waals surface area (Å²) < 4.78 is 2.08. The van der Waals surface area contributed by atoms with Crippen LogP contribution in [0.5, 0.6) is 0 Å². The third kappa shape index (κ3) is 3.78. The van der Waals surface area contributed by atoms with Crippen LogP contribution in [-0.4, -0.2) is 14.8 Å². The normalized spacial score (nSPS) is 11.0. The number of thiazole rings is 1. The Bertz CT molecular complexity index is 776. The summed E-state index contributed by atoms with van der Waals surface area (Å²) in [6, 6.07) is 10.4. The molecule has 3 aromatic rings. The first kappa shape index (κ1) is 15.7. The van der Waals surface area contributed by atoms with Crippen molar-refractivity contribution in [2.45, 2.75) is 33.5 Å². The average molecular weight is 327 g/mol. The van der Waals surface area contributed by atoms with E-state index in [1.165, 1.54) is 28.2 Å². The zero-order valence-electron chi connectivity index (χ0n) is 13.4. The summed E-state index contributed by atoms with van der Waals surface area (Å²) in [7, 11) is 0. The van der Waals surface area contributed by atoms with Gasteiger partial charge in [0, 0.05) is 35.4 Å². The van der Waals surface area contributed by atoms with Crippen LogP contribution in [0.4, 0.5) is 5.13 Å². The van der Waals surface area contributed by atoms with E-state index < -0.39 is 0 Å². The van der Waals surface area contributed by atoms with Gasteiger partial charge in [0.2, 0.25) is 0 Å². The van der Waals surface area contributed by atoms with Gasteiger partial charge in [0.1, 0.15) is 0 Å². The Hall–Kier alpha value is -2.18. The second-order valence-corrected chi connectivity index (χ2v) is 6.71. The van der Waals surface area contributed by atoms with E-state index in [9.17, 15) is 0 Å². The molecule has 0 saturated heterocycles. The molecule has 1 aromatic carbocycles. The molecule has 2 aromatic heterocycles. The average Bonchev–Trinajstić information content (AvgIpc) is 3.06. The van der Waals surface area contributed by atoms with Crippen molar-refractivity contribution < 1.29 is 0 Å². The molecule has 5 nitrogen and oxygen atoms in total. The number of aryl methyl sites for hydroxylation is 1. The van der Waals surface area contributed by atoms with Gasteiger partial charge < -0.3 is 11.1 Å². The maximum Gasteiger partial charge on any atom is 0.180 e. The van der Waals surface area contributed by atoms with Crippen molar-refractivity contribution in [3.63, 3.8) is 0 Å². The van der Waals surface area contributed by atoms with Crippen molar-refractivity contribution in [1.82, 2.24) is 20.1 Å². The van der Waals surface area contributed by atoms with Crippen LogP contribution in [0.2, 0.25) is 0 Å². The van der Waals surface area contributed by atoms with E-state index in [4.69, 9.17) is 5.73 Å². The number of anilines is 1. The van der Waals surface area contributed by atoms with Gasteiger partial charge in [-0.15, -0.1) is 11.3 Å². The molecule has 0 aliphatic rings. The molecule has 0 unspecified atom stereocenters. The number of nitrogen functional groups attached to an aromatic ring is 1. The summed E-state index contributed by atoms with van der Waals surface area (Å²) in [4.78, 5) is 5.22. The lowest BCUT2D eigenvalue weighted by Crippen LogP contribution is -2.13. The molecule has 0 bridgehead atoms. The minimum Gasteiger partial charge on any atom is -0.375 e. The van der Waals surface area contributed by atoms with Crippen molar-refractivity contribution >= 4 is 16.5 Å². The molecule has 2 heterocycles. The SMILES string of the molecule is Cc1nn(Cc2ccccc2)c(C)c1CNCc1cnc(N)s1. The smallest absolute Gasteiger partial charge is 0.180 e. The van der Waals surface area contributed by atoms with Crippen LogP contribution in [0.3, 0.4) is 0 Å². The summed E-state index contributed by atoms with van der Waals surface area (Å²) in [6.07, 6.45) is 1.82. The first-order chi connectivity index (χ1) is 11.1. The fraction of sp³-hybridized carbons (Fsp3) is 0.294. The maximum absolute atomic E-state index is 5.65. The number of hydrogen-bond acceptors (Lipinski definition) is 5. The lowest BCUT2D eigenvalue weighted by molar-refractivity contribution is 0.653. The predicted octanol–water partition coefficient (Wildman–Crippen LogP) is 2.88.